The molecule has 23 heavy (non-hydrogen) atoms. The molecule has 1 aromatic carbocycles. The number of carbonyl (C=O) groups is 2. The molecule has 1 atom stereocenters. The average Bonchev–Trinajstić information content (AvgIpc) is 2.96. The van der Waals surface area contributed by atoms with Gasteiger partial charge in [-0.25, -0.2) is 9.78 Å². The van der Waals surface area contributed by atoms with E-state index >= 15 is 0 Å². The number of aromatic nitrogens is 1. The zero-order valence-electron chi connectivity index (χ0n) is 13.2. The van der Waals surface area contributed by atoms with Gasteiger partial charge in [0.15, 0.2) is 0 Å². The van der Waals surface area contributed by atoms with Crippen molar-refractivity contribution in [3.63, 3.8) is 0 Å². The molecule has 0 saturated heterocycles. The summed E-state index contributed by atoms with van der Waals surface area (Å²) in [4.78, 5) is 27.7. The maximum Gasteiger partial charge on any atom is 0.329 e. The van der Waals surface area contributed by atoms with E-state index in [-0.39, 0.29) is 6.42 Å². The predicted octanol–water partition coefficient (Wildman–Crippen LogP) is 2.64. The molecule has 0 spiro atoms. The zero-order valence-corrected chi connectivity index (χ0v) is 13.2. The largest absolute Gasteiger partial charge is 0.480 e. The number of hydrogen-bond acceptors (Lipinski definition) is 4. The lowest BCUT2D eigenvalue weighted by atomic mass is 9.96. The Morgan fingerprint density at radius 1 is 1.30 bits per heavy atom. The van der Waals surface area contributed by atoms with E-state index in [9.17, 15) is 14.7 Å². The second kappa shape index (κ2) is 7.09. The minimum absolute atomic E-state index is 0.0249. The lowest BCUT2D eigenvalue weighted by Crippen LogP contribution is -2.52. The summed E-state index contributed by atoms with van der Waals surface area (Å²) < 4.78 is 5.37. The van der Waals surface area contributed by atoms with Crippen molar-refractivity contribution in [2.75, 3.05) is 0 Å². The van der Waals surface area contributed by atoms with E-state index in [1.165, 1.54) is 13.2 Å². The van der Waals surface area contributed by atoms with Crippen LogP contribution in [0.2, 0.25) is 0 Å². The number of carboxylic acid groups (broad SMARTS) is 1. The predicted molar refractivity (Wildman–Crippen MR) is 84.7 cm³/mol. The Morgan fingerprint density at radius 2 is 2.00 bits per heavy atom. The first kappa shape index (κ1) is 16.7. The number of rotatable bonds is 7. The maximum absolute atomic E-state index is 12.1. The van der Waals surface area contributed by atoms with Gasteiger partial charge in [-0.15, -0.1) is 0 Å². The van der Waals surface area contributed by atoms with Crippen LogP contribution in [0.5, 0.6) is 0 Å². The van der Waals surface area contributed by atoms with Crippen LogP contribution in [-0.4, -0.2) is 27.5 Å². The van der Waals surface area contributed by atoms with E-state index in [1.807, 2.05) is 37.3 Å². The van der Waals surface area contributed by atoms with Crippen LogP contribution in [0.3, 0.4) is 0 Å². The Morgan fingerprint density at radius 3 is 2.61 bits per heavy atom. The molecule has 1 amide bonds. The van der Waals surface area contributed by atoms with Crippen molar-refractivity contribution in [3.8, 4) is 11.5 Å². The third kappa shape index (κ3) is 4.18. The molecule has 2 N–H and O–H groups in total. The third-order valence-corrected chi connectivity index (χ3v) is 3.55. The van der Waals surface area contributed by atoms with Crippen LogP contribution >= 0.6 is 0 Å². The second-order valence-corrected chi connectivity index (χ2v) is 5.62. The standard InChI is InChI=1S/C17H20N2O4/c1-3-9-17(2,16(21)22)19-14(20)10-13-11-23-15(18-13)12-7-5-4-6-8-12/h4-8,11H,3,9-10H2,1-2H3,(H,19,20)(H,21,22)/t17-/m0/s1. The van der Waals surface area contributed by atoms with E-state index < -0.39 is 17.4 Å². The van der Waals surface area contributed by atoms with Gasteiger partial charge in [0, 0.05) is 5.56 Å². The van der Waals surface area contributed by atoms with E-state index in [1.54, 1.807) is 0 Å². The molecule has 6 nitrogen and oxygen atoms in total. The van der Waals surface area contributed by atoms with Gasteiger partial charge < -0.3 is 14.8 Å². The van der Waals surface area contributed by atoms with Crippen LogP contribution in [-0.2, 0) is 16.0 Å². The van der Waals surface area contributed by atoms with Gasteiger partial charge in [0.1, 0.15) is 11.8 Å². The lowest BCUT2D eigenvalue weighted by Gasteiger charge is -2.25. The molecule has 2 aromatic rings. The van der Waals surface area contributed by atoms with E-state index in [2.05, 4.69) is 10.3 Å². The van der Waals surface area contributed by atoms with Crippen LogP contribution in [0.15, 0.2) is 41.0 Å². The number of oxazole rings is 1. The number of nitrogens with one attached hydrogen (secondary N) is 1. The number of carboxylic acids is 1. The van der Waals surface area contributed by atoms with Crippen molar-refractivity contribution >= 4 is 11.9 Å². The Labute approximate surface area is 134 Å². The summed E-state index contributed by atoms with van der Waals surface area (Å²) in [7, 11) is 0. The number of hydrogen-bond donors (Lipinski definition) is 2. The highest BCUT2D eigenvalue weighted by Crippen LogP contribution is 2.18. The van der Waals surface area contributed by atoms with E-state index in [0.717, 1.165) is 5.56 Å². The Bertz CT molecular complexity index is 681. The van der Waals surface area contributed by atoms with Gasteiger partial charge in [0.05, 0.1) is 12.1 Å². The first-order valence-electron chi connectivity index (χ1n) is 7.49. The molecule has 6 heteroatoms. The maximum atomic E-state index is 12.1. The number of nitrogens with zero attached hydrogens (tertiary/aromatic N) is 1. The molecule has 1 aromatic heterocycles. The molecule has 0 saturated carbocycles. The summed E-state index contributed by atoms with van der Waals surface area (Å²) in [6.45, 7) is 3.38. The Kier molecular flexibility index (Phi) is 5.16. The highest BCUT2D eigenvalue weighted by molar-refractivity contribution is 5.87. The van der Waals surface area contributed by atoms with Crippen molar-refractivity contribution in [2.45, 2.75) is 38.6 Å². The quantitative estimate of drug-likeness (QED) is 0.819. The molecule has 0 fully saturated rings. The second-order valence-electron chi connectivity index (χ2n) is 5.62. The summed E-state index contributed by atoms with van der Waals surface area (Å²) >= 11 is 0. The minimum atomic E-state index is -1.27. The molecule has 0 aliphatic carbocycles. The van der Waals surface area contributed by atoms with E-state index in [4.69, 9.17) is 4.42 Å². The van der Waals surface area contributed by atoms with Gasteiger partial charge in [-0.3, -0.25) is 4.79 Å². The highest BCUT2D eigenvalue weighted by Gasteiger charge is 2.33. The Hall–Kier alpha value is -2.63. The van der Waals surface area contributed by atoms with Crippen molar-refractivity contribution in [1.29, 1.82) is 0 Å². The summed E-state index contributed by atoms with van der Waals surface area (Å²) in [5, 5.41) is 11.9. The minimum Gasteiger partial charge on any atom is -0.480 e. The van der Waals surface area contributed by atoms with Gasteiger partial charge in [-0.1, -0.05) is 31.5 Å². The smallest absolute Gasteiger partial charge is 0.329 e. The molecular formula is C17H20N2O4. The fourth-order valence-corrected chi connectivity index (χ4v) is 2.34. The monoisotopic (exact) mass is 316 g/mol. The van der Waals surface area contributed by atoms with Crippen LogP contribution < -0.4 is 5.32 Å². The molecule has 1 heterocycles. The molecule has 122 valence electrons. The first-order valence-corrected chi connectivity index (χ1v) is 7.49. The fraction of sp³-hybridized carbons (Fsp3) is 0.353. The molecule has 2 rings (SSSR count). The van der Waals surface area contributed by atoms with Crippen molar-refractivity contribution in [1.82, 2.24) is 10.3 Å². The fourth-order valence-electron chi connectivity index (χ4n) is 2.34. The van der Waals surface area contributed by atoms with Crippen LogP contribution in [0.1, 0.15) is 32.4 Å². The van der Waals surface area contributed by atoms with Gasteiger partial charge >= 0.3 is 5.97 Å². The molecule has 0 aliphatic heterocycles. The SMILES string of the molecule is CCC[C@](C)(NC(=O)Cc1coc(-c2ccccc2)n1)C(=O)O. The molecule has 0 aliphatic rings. The number of benzene rings is 1. The van der Waals surface area contributed by atoms with Crippen molar-refractivity contribution in [3.05, 3.63) is 42.3 Å². The first-order chi connectivity index (χ1) is 10.9. The number of amides is 1. The van der Waals surface area contributed by atoms with Gasteiger partial charge in [-0.05, 0) is 25.5 Å². The molecule has 0 unspecified atom stereocenters. The summed E-state index contributed by atoms with van der Waals surface area (Å²) in [6.07, 6.45) is 2.41. The Balaban J connectivity index is 2.04. The highest BCUT2D eigenvalue weighted by atomic mass is 16.4. The average molecular weight is 316 g/mol. The van der Waals surface area contributed by atoms with Gasteiger partial charge in [-0.2, -0.15) is 0 Å². The van der Waals surface area contributed by atoms with Gasteiger partial charge in [0.2, 0.25) is 11.8 Å². The van der Waals surface area contributed by atoms with Crippen molar-refractivity contribution in [2.24, 2.45) is 0 Å². The topological polar surface area (TPSA) is 92.4 Å². The summed E-state index contributed by atoms with van der Waals surface area (Å²) in [5.74, 6) is -1.00. The van der Waals surface area contributed by atoms with Gasteiger partial charge in [0.25, 0.3) is 0 Å². The summed E-state index contributed by atoms with van der Waals surface area (Å²) in [5.41, 5.74) is 0.0174. The van der Waals surface area contributed by atoms with Crippen LogP contribution in [0, 0.1) is 0 Å². The van der Waals surface area contributed by atoms with Crippen LogP contribution in [0.25, 0.3) is 11.5 Å². The number of aliphatic carboxylic acids is 1. The number of carbonyl (C=O) groups excluding carboxylic acids is 1. The molecular weight excluding hydrogens is 296 g/mol. The zero-order chi connectivity index (χ0) is 16.9. The van der Waals surface area contributed by atoms with E-state index in [0.29, 0.717) is 24.4 Å². The molecule has 0 radical (unpaired) electrons. The summed E-state index contributed by atoms with van der Waals surface area (Å²) in [6, 6.07) is 9.35. The lowest BCUT2D eigenvalue weighted by molar-refractivity contribution is -0.147. The normalized spacial score (nSPS) is 13.3. The van der Waals surface area contributed by atoms with Crippen LogP contribution in [0.4, 0.5) is 0 Å². The molecule has 0 bridgehead atoms. The van der Waals surface area contributed by atoms with Crippen molar-refractivity contribution < 1.29 is 19.1 Å². The third-order valence-electron chi connectivity index (χ3n) is 3.55.